The van der Waals surface area contributed by atoms with Gasteiger partial charge in [-0.25, -0.2) is 4.79 Å². The highest BCUT2D eigenvalue weighted by atomic mass is 16.6. The van der Waals surface area contributed by atoms with E-state index in [4.69, 9.17) is 5.11 Å². The number of nitrogens with one attached hydrogen (secondary N) is 2. The van der Waals surface area contributed by atoms with E-state index in [9.17, 15) is 24.5 Å². The van der Waals surface area contributed by atoms with E-state index in [1.54, 1.807) is 12.1 Å². The van der Waals surface area contributed by atoms with Crippen LogP contribution in [0.2, 0.25) is 0 Å². The fourth-order valence-corrected chi connectivity index (χ4v) is 1.82. The van der Waals surface area contributed by atoms with Crippen molar-refractivity contribution in [2.45, 2.75) is 13.0 Å². The third kappa shape index (κ3) is 2.96. The Kier molecular flexibility index (Phi) is 3.57. The van der Waals surface area contributed by atoms with Crippen LogP contribution in [0.15, 0.2) is 18.2 Å². The molecule has 0 bridgehead atoms. The highest BCUT2D eigenvalue weighted by Crippen LogP contribution is 2.42. The minimum Gasteiger partial charge on any atom is -0.481 e. The Hall–Kier alpha value is -2.97. The standard InChI is InChI=1S/C6H8N2O4.C6H3NO2/c1-2(5(10)11)3-4(9)8-6(12)7-3;8-7(9)6-2-1-4-3-5(4)6/h2-3H,1H3,(H,10,11)(H2,7,8,9,12);1-3H. The molecule has 2 unspecified atom stereocenters. The quantitative estimate of drug-likeness (QED) is 0.427. The molecule has 3 N–H and O–H groups in total. The van der Waals surface area contributed by atoms with E-state index in [1.807, 2.05) is 5.32 Å². The molecule has 3 aliphatic rings. The lowest BCUT2D eigenvalue weighted by atomic mass is 10.0. The van der Waals surface area contributed by atoms with E-state index in [-0.39, 0.29) is 10.6 Å². The van der Waals surface area contributed by atoms with Crippen molar-refractivity contribution in [1.82, 2.24) is 10.6 Å². The second kappa shape index (κ2) is 5.19. The number of hydrogen-bond donors (Lipinski definition) is 3. The first-order valence-electron chi connectivity index (χ1n) is 5.94. The Morgan fingerprint density at radius 2 is 2.10 bits per heavy atom. The predicted molar refractivity (Wildman–Crippen MR) is 69.4 cm³/mol. The first kappa shape index (κ1) is 14.4. The molecule has 1 aliphatic heterocycles. The number of amides is 3. The fourth-order valence-electron chi connectivity index (χ4n) is 1.82. The van der Waals surface area contributed by atoms with Crippen LogP contribution >= 0.6 is 0 Å². The number of carboxylic acid groups (broad SMARTS) is 1. The summed E-state index contributed by atoms with van der Waals surface area (Å²) < 4.78 is 0. The van der Waals surface area contributed by atoms with E-state index in [2.05, 4.69) is 5.32 Å². The van der Waals surface area contributed by atoms with Crippen molar-refractivity contribution in [2.75, 3.05) is 0 Å². The Morgan fingerprint density at radius 3 is 2.38 bits per heavy atom. The number of nitrogens with zero attached hydrogens (tertiary/aromatic N) is 1. The highest BCUT2D eigenvalue weighted by molar-refractivity contribution is 6.05. The van der Waals surface area contributed by atoms with Crippen LogP contribution in [-0.4, -0.2) is 34.0 Å². The summed E-state index contributed by atoms with van der Waals surface area (Å²) in [5.41, 5.74) is 2.06. The molecular formula is C12H11N3O6. The Labute approximate surface area is 118 Å². The molecule has 0 aromatic rings. The van der Waals surface area contributed by atoms with Gasteiger partial charge in [-0.05, 0) is 24.6 Å². The molecule has 0 aromatic carbocycles. The zero-order chi connectivity index (χ0) is 15.7. The third-order valence-electron chi connectivity index (χ3n) is 3.12. The molecule has 0 radical (unpaired) electrons. The summed E-state index contributed by atoms with van der Waals surface area (Å²) in [4.78, 5) is 41.6. The van der Waals surface area contributed by atoms with Gasteiger partial charge < -0.3 is 10.4 Å². The Bertz CT molecular complexity index is 656. The minimum absolute atomic E-state index is 0.241. The summed E-state index contributed by atoms with van der Waals surface area (Å²) in [5, 5.41) is 22.8. The van der Waals surface area contributed by atoms with E-state index >= 15 is 0 Å². The maximum Gasteiger partial charge on any atom is 0.322 e. The highest BCUT2D eigenvalue weighted by Gasteiger charge is 2.37. The summed E-state index contributed by atoms with van der Waals surface area (Å²) >= 11 is 0. The Balaban J connectivity index is 0.000000159. The number of imide groups is 1. The first-order chi connectivity index (χ1) is 9.81. The lowest BCUT2D eigenvalue weighted by Crippen LogP contribution is -2.39. The molecule has 3 amide bonds. The molecule has 9 heteroatoms. The number of carbonyl (C=O) groups is 3. The third-order valence-corrected chi connectivity index (χ3v) is 3.12. The van der Waals surface area contributed by atoms with Crippen LogP contribution in [-0.2, 0) is 9.59 Å². The first-order valence-corrected chi connectivity index (χ1v) is 5.94. The molecule has 110 valence electrons. The monoisotopic (exact) mass is 293 g/mol. The zero-order valence-electron chi connectivity index (χ0n) is 10.8. The van der Waals surface area contributed by atoms with E-state index in [1.165, 1.54) is 13.0 Å². The largest absolute Gasteiger partial charge is 0.481 e. The number of fused-ring (bicyclic) bond motifs is 1. The van der Waals surface area contributed by atoms with Gasteiger partial charge in [0.25, 0.3) is 11.6 Å². The van der Waals surface area contributed by atoms with Gasteiger partial charge in [-0.3, -0.25) is 25.0 Å². The normalized spacial score (nSPS) is 18.8. The van der Waals surface area contributed by atoms with Gasteiger partial charge in [0, 0.05) is 6.07 Å². The molecule has 2 aliphatic carbocycles. The van der Waals surface area contributed by atoms with Crippen molar-refractivity contribution in [3.63, 3.8) is 0 Å². The van der Waals surface area contributed by atoms with Gasteiger partial charge in [0.2, 0.25) is 0 Å². The summed E-state index contributed by atoms with van der Waals surface area (Å²) in [7, 11) is 0. The van der Waals surface area contributed by atoms with Crippen molar-refractivity contribution in [3.05, 3.63) is 28.3 Å². The lowest BCUT2D eigenvalue weighted by Gasteiger charge is -2.10. The average molecular weight is 293 g/mol. The molecule has 1 saturated heterocycles. The second-order valence-electron chi connectivity index (χ2n) is 4.56. The molecule has 1 fully saturated rings. The molecule has 21 heavy (non-hydrogen) atoms. The molecule has 1 heterocycles. The summed E-state index contributed by atoms with van der Waals surface area (Å²) in [6, 6.07) is 3.50. The maximum absolute atomic E-state index is 10.9. The number of benzene rings is 1. The van der Waals surface area contributed by atoms with Gasteiger partial charge in [0.15, 0.2) is 0 Å². The van der Waals surface area contributed by atoms with Gasteiger partial charge in [0.1, 0.15) is 6.04 Å². The number of rotatable bonds is 3. The molecular weight excluding hydrogens is 282 g/mol. The maximum atomic E-state index is 10.9. The fraction of sp³-hybridized carbons (Fsp3) is 0.250. The SMILES string of the molecule is CC(C(=O)O)C1NC(=O)NC1=O.O=[N+]([O-])c1ccc2cc1-2. The van der Waals surface area contributed by atoms with Crippen LogP contribution in [0.3, 0.4) is 0 Å². The van der Waals surface area contributed by atoms with Crippen molar-refractivity contribution < 1.29 is 24.4 Å². The van der Waals surface area contributed by atoms with Crippen LogP contribution in [0, 0.1) is 16.0 Å². The topological polar surface area (TPSA) is 139 Å². The van der Waals surface area contributed by atoms with Gasteiger partial charge in [-0.2, -0.15) is 0 Å². The van der Waals surface area contributed by atoms with Crippen LogP contribution in [0.5, 0.6) is 0 Å². The van der Waals surface area contributed by atoms with Crippen molar-refractivity contribution in [3.8, 4) is 11.1 Å². The van der Waals surface area contributed by atoms with Crippen LogP contribution in [0.1, 0.15) is 6.92 Å². The predicted octanol–water partition coefficient (Wildman–Crippen LogP) is 0.490. The van der Waals surface area contributed by atoms with Gasteiger partial charge in [-0.1, -0.05) is 0 Å². The molecule has 9 nitrogen and oxygen atoms in total. The van der Waals surface area contributed by atoms with Crippen LogP contribution in [0.4, 0.5) is 10.5 Å². The number of nitro benzene ring substituents is 1. The number of hydrogen-bond acceptors (Lipinski definition) is 5. The van der Waals surface area contributed by atoms with E-state index < -0.39 is 29.9 Å². The molecule has 0 aromatic heterocycles. The van der Waals surface area contributed by atoms with Crippen LogP contribution in [0.25, 0.3) is 11.1 Å². The van der Waals surface area contributed by atoms with E-state index in [0.717, 1.165) is 11.1 Å². The Morgan fingerprint density at radius 1 is 1.43 bits per heavy atom. The zero-order valence-corrected chi connectivity index (χ0v) is 10.8. The number of carbonyl (C=O) groups excluding carboxylic acids is 2. The summed E-state index contributed by atoms with van der Waals surface area (Å²) in [6.07, 6.45) is 0. The molecule has 0 spiro atoms. The second-order valence-corrected chi connectivity index (χ2v) is 4.56. The number of urea groups is 1. The van der Waals surface area contributed by atoms with Gasteiger partial charge in [0.05, 0.1) is 16.4 Å². The number of carboxylic acids is 1. The lowest BCUT2D eigenvalue weighted by molar-refractivity contribution is -0.383. The molecule has 3 rings (SSSR count). The summed E-state index contributed by atoms with van der Waals surface area (Å²) in [5.74, 6) is -2.61. The smallest absolute Gasteiger partial charge is 0.322 e. The van der Waals surface area contributed by atoms with Gasteiger partial charge in [-0.15, -0.1) is 0 Å². The van der Waals surface area contributed by atoms with E-state index in [0.29, 0.717) is 0 Å². The number of aliphatic carboxylic acids is 1. The van der Waals surface area contributed by atoms with Crippen molar-refractivity contribution in [1.29, 1.82) is 0 Å². The average Bonchev–Trinajstić information content (AvgIpc) is 2.91. The molecule has 2 atom stereocenters. The minimum atomic E-state index is -1.11. The van der Waals surface area contributed by atoms with Crippen LogP contribution < -0.4 is 10.6 Å². The molecule has 0 saturated carbocycles. The van der Waals surface area contributed by atoms with Crippen molar-refractivity contribution >= 4 is 23.6 Å². The summed E-state index contributed by atoms with van der Waals surface area (Å²) in [6.45, 7) is 1.36. The van der Waals surface area contributed by atoms with Gasteiger partial charge >= 0.3 is 12.0 Å². The van der Waals surface area contributed by atoms with Crippen molar-refractivity contribution in [2.24, 2.45) is 5.92 Å². The number of nitro groups is 1.